The molecule has 0 radical (unpaired) electrons. The maximum atomic E-state index is 6.14. The fraction of sp³-hybridized carbons (Fsp3) is 0.684. The Morgan fingerprint density at radius 1 is 1.05 bits per heavy atom. The highest BCUT2D eigenvalue weighted by molar-refractivity contribution is 5.27. The Morgan fingerprint density at radius 2 is 1.62 bits per heavy atom. The summed E-state index contributed by atoms with van der Waals surface area (Å²) in [6, 6.07) is 10.2. The van der Waals surface area contributed by atoms with Crippen LogP contribution in [-0.2, 0) is 0 Å². The van der Waals surface area contributed by atoms with Crippen molar-refractivity contribution in [2.75, 3.05) is 13.1 Å². The van der Waals surface area contributed by atoms with E-state index in [2.05, 4.69) is 49.9 Å². The molecule has 1 fully saturated rings. The lowest BCUT2D eigenvalue weighted by atomic mass is 9.91. The van der Waals surface area contributed by atoms with Gasteiger partial charge in [0.1, 0.15) is 0 Å². The summed E-state index contributed by atoms with van der Waals surface area (Å²) in [6.07, 6.45) is 6.85. The summed E-state index contributed by atoms with van der Waals surface area (Å²) in [5.41, 5.74) is 8.94. The summed E-state index contributed by atoms with van der Waals surface area (Å²) in [5.74, 6) is 0.594. The molecule has 2 N–H and O–H groups in total. The van der Waals surface area contributed by atoms with Gasteiger partial charge in [0.2, 0.25) is 0 Å². The summed E-state index contributed by atoms with van der Waals surface area (Å²) in [5, 5.41) is 0. The number of nitrogens with two attached hydrogens (primary N) is 1. The van der Waals surface area contributed by atoms with Crippen LogP contribution < -0.4 is 5.73 Å². The van der Waals surface area contributed by atoms with Crippen LogP contribution in [0.4, 0.5) is 0 Å². The monoisotopic (exact) mass is 288 g/mol. The van der Waals surface area contributed by atoms with Gasteiger partial charge >= 0.3 is 0 Å². The minimum absolute atomic E-state index is 0.374. The SMILES string of the molecule is CCN(C1CCCCC1)C(CN)c1ccc(C(C)C)cc1. The van der Waals surface area contributed by atoms with Crippen molar-refractivity contribution in [1.29, 1.82) is 0 Å². The van der Waals surface area contributed by atoms with Gasteiger partial charge < -0.3 is 5.73 Å². The normalized spacial score (nSPS) is 18.4. The van der Waals surface area contributed by atoms with Crippen LogP contribution in [0.5, 0.6) is 0 Å². The van der Waals surface area contributed by atoms with Crippen LogP contribution >= 0.6 is 0 Å². The second-order valence-corrected chi connectivity index (χ2v) is 6.70. The Kier molecular flexibility index (Phi) is 6.25. The quantitative estimate of drug-likeness (QED) is 0.837. The molecule has 2 nitrogen and oxygen atoms in total. The minimum atomic E-state index is 0.374. The van der Waals surface area contributed by atoms with Crippen LogP contribution in [0.2, 0.25) is 0 Å². The minimum Gasteiger partial charge on any atom is -0.329 e. The highest BCUT2D eigenvalue weighted by Crippen LogP contribution is 2.30. The van der Waals surface area contributed by atoms with E-state index in [9.17, 15) is 0 Å². The van der Waals surface area contributed by atoms with Crippen LogP contribution in [0.3, 0.4) is 0 Å². The second kappa shape index (κ2) is 7.95. The zero-order valence-corrected chi connectivity index (χ0v) is 14.0. The molecule has 0 amide bonds. The number of rotatable bonds is 6. The van der Waals surface area contributed by atoms with Gasteiger partial charge in [0.15, 0.2) is 0 Å². The Bertz CT molecular complexity index is 404. The molecular formula is C19H32N2. The zero-order valence-electron chi connectivity index (χ0n) is 14.0. The van der Waals surface area contributed by atoms with Crippen molar-refractivity contribution in [2.45, 2.75) is 70.9 Å². The fourth-order valence-electron chi connectivity index (χ4n) is 3.71. The average Bonchev–Trinajstić information content (AvgIpc) is 2.53. The number of nitrogens with zero attached hydrogens (tertiary/aromatic N) is 1. The zero-order chi connectivity index (χ0) is 15.2. The highest BCUT2D eigenvalue weighted by Gasteiger charge is 2.26. The van der Waals surface area contributed by atoms with Crippen molar-refractivity contribution < 1.29 is 0 Å². The average molecular weight is 288 g/mol. The predicted octanol–water partition coefficient (Wildman–Crippen LogP) is 4.46. The summed E-state index contributed by atoms with van der Waals surface area (Å²) >= 11 is 0. The first kappa shape index (κ1) is 16.5. The molecule has 0 heterocycles. The van der Waals surface area contributed by atoms with Crippen molar-refractivity contribution in [2.24, 2.45) is 5.73 Å². The third-order valence-electron chi connectivity index (χ3n) is 5.02. The van der Waals surface area contributed by atoms with Gasteiger partial charge in [-0.25, -0.2) is 0 Å². The summed E-state index contributed by atoms with van der Waals surface area (Å²) in [7, 11) is 0. The van der Waals surface area contributed by atoms with Crippen LogP contribution in [0, 0.1) is 0 Å². The summed E-state index contributed by atoms with van der Waals surface area (Å²) in [6.45, 7) is 8.58. The number of likely N-dealkylation sites (N-methyl/N-ethyl adjacent to an activating group) is 1. The first-order chi connectivity index (χ1) is 10.2. The van der Waals surface area contributed by atoms with Gasteiger partial charge in [0.25, 0.3) is 0 Å². The van der Waals surface area contributed by atoms with E-state index < -0.39 is 0 Å². The van der Waals surface area contributed by atoms with E-state index in [0.717, 1.165) is 12.6 Å². The van der Waals surface area contributed by atoms with Crippen LogP contribution in [0.25, 0.3) is 0 Å². The fourth-order valence-corrected chi connectivity index (χ4v) is 3.71. The van der Waals surface area contributed by atoms with Crippen molar-refractivity contribution in [1.82, 2.24) is 4.90 Å². The molecule has 1 saturated carbocycles. The molecule has 2 rings (SSSR count). The van der Waals surface area contributed by atoms with Crippen LogP contribution in [0.1, 0.15) is 76.0 Å². The topological polar surface area (TPSA) is 29.3 Å². The van der Waals surface area contributed by atoms with Gasteiger partial charge in [-0.2, -0.15) is 0 Å². The molecule has 21 heavy (non-hydrogen) atoms. The van der Waals surface area contributed by atoms with E-state index in [-0.39, 0.29) is 0 Å². The Balaban J connectivity index is 2.15. The van der Waals surface area contributed by atoms with Gasteiger partial charge in [0.05, 0.1) is 0 Å². The van der Waals surface area contributed by atoms with E-state index in [4.69, 9.17) is 5.73 Å². The van der Waals surface area contributed by atoms with Crippen molar-refractivity contribution >= 4 is 0 Å². The lowest BCUT2D eigenvalue weighted by Crippen LogP contribution is -2.42. The summed E-state index contributed by atoms with van der Waals surface area (Å²) < 4.78 is 0. The number of hydrogen-bond donors (Lipinski definition) is 1. The Labute approximate surface area is 130 Å². The lowest BCUT2D eigenvalue weighted by Gasteiger charge is -2.39. The van der Waals surface area contributed by atoms with Crippen molar-refractivity contribution in [3.05, 3.63) is 35.4 Å². The van der Waals surface area contributed by atoms with E-state index in [0.29, 0.717) is 18.5 Å². The lowest BCUT2D eigenvalue weighted by molar-refractivity contribution is 0.114. The molecule has 0 saturated heterocycles. The number of benzene rings is 1. The maximum Gasteiger partial charge on any atom is 0.0473 e. The molecule has 118 valence electrons. The molecule has 0 aromatic heterocycles. The Morgan fingerprint density at radius 3 is 2.10 bits per heavy atom. The van der Waals surface area contributed by atoms with Gasteiger partial charge in [-0.3, -0.25) is 4.90 Å². The van der Waals surface area contributed by atoms with E-state index in [1.54, 1.807) is 0 Å². The third kappa shape index (κ3) is 4.08. The molecule has 0 spiro atoms. The van der Waals surface area contributed by atoms with Gasteiger partial charge in [-0.15, -0.1) is 0 Å². The molecule has 1 aromatic carbocycles. The molecule has 1 aromatic rings. The second-order valence-electron chi connectivity index (χ2n) is 6.70. The maximum absolute atomic E-state index is 6.14. The molecule has 1 aliphatic carbocycles. The molecule has 1 atom stereocenters. The van der Waals surface area contributed by atoms with Gasteiger partial charge in [0, 0.05) is 18.6 Å². The summed E-state index contributed by atoms with van der Waals surface area (Å²) in [4.78, 5) is 2.64. The standard InChI is InChI=1S/C19H32N2/c1-4-21(18-8-6-5-7-9-18)19(14-20)17-12-10-16(11-13-17)15(2)3/h10-13,15,18-19H,4-9,14,20H2,1-3H3. The molecule has 2 heteroatoms. The highest BCUT2D eigenvalue weighted by atomic mass is 15.2. The molecule has 1 unspecified atom stereocenters. The van der Waals surface area contributed by atoms with Gasteiger partial charge in [-0.1, -0.05) is 64.3 Å². The largest absolute Gasteiger partial charge is 0.329 e. The molecular weight excluding hydrogens is 256 g/mol. The van der Waals surface area contributed by atoms with Gasteiger partial charge in [-0.05, 0) is 36.4 Å². The van der Waals surface area contributed by atoms with Crippen LogP contribution in [0.15, 0.2) is 24.3 Å². The first-order valence-electron chi connectivity index (χ1n) is 8.73. The first-order valence-corrected chi connectivity index (χ1v) is 8.73. The Hall–Kier alpha value is -0.860. The van der Waals surface area contributed by atoms with E-state index >= 15 is 0 Å². The van der Waals surface area contributed by atoms with Crippen molar-refractivity contribution in [3.8, 4) is 0 Å². The third-order valence-corrected chi connectivity index (χ3v) is 5.02. The van der Waals surface area contributed by atoms with Crippen LogP contribution in [-0.4, -0.2) is 24.0 Å². The molecule has 1 aliphatic rings. The van der Waals surface area contributed by atoms with E-state index in [1.165, 1.54) is 43.2 Å². The molecule has 0 aliphatic heterocycles. The van der Waals surface area contributed by atoms with E-state index in [1.807, 2.05) is 0 Å². The smallest absolute Gasteiger partial charge is 0.0473 e. The predicted molar refractivity (Wildman–Crippen MR) is 91.6 cm³/mol. The molecule has 0 bridgehead atoms. The van der Waals surface area contributed by atoms with Crippen molar-refractivity contribution in [3.63, 3.8) is 0 Å². The number of hydrogen-bond acceptors (Lipinski definition) is 2.